The van der Waals surface area contributed by atoms with Crippen LogP contribution in [0.5, 0.6) is 0 Å². The molecule has 0 fully saturated rings. The molecule has 0 aromatic heterocycles. The van der Waals surface area contributed by atoms with Gasteiger partial charge in [0.05, 0.1) is 5.75 Å². The average molecular weight is 319 g/mol. The van der Waals surface area contributed by atoms with E-state index in [2.05, 4.69) is 6.92 Å². The van der Waals surface area contributed by atoms with Crippen molar-refractivity contribution in [1.82, 2.24) is 0 Å². The Balaban J connectivity index is -0.00000144. The van der Waals surface area contributed by atoms with E-state index < -0.39 is 10.1 Å². The summed E-state index contributed by atoms with van der Waals surface area (Å²) in [5.74, 6) is -0.0789. The van der Waals surface area contributed by atoms with Gasteiger partial charge in [0.25, 0.3) is 10.1 Å². The molecule has 0 saturated carbocycles. The fourth-order valence-electron chi connectivity index (χ4n) is 2.13. The molecule has 0 saturated heterocycles. The van der Waals surface area contributed by atoms with Crippen LogP contribution in [0.3, 0.4) is 0 Å². The summed E-state index contributed by atoms with van der Waals surface area (Å²) in [7, 11) is -3.74. The first-order valence-electron chi connectivity index (χ1n) is 7.51. The second-order valence-corrected chi connectivity index (χ2v) is 6.75. The molecule has 0 aromatic rings. The summed E-state index contributed by atoms with van der Waals surface area (Å²) in [4.78, 5) is 0. The summed E-state index contributed by atoms with van der Waals surface area (Å²) in [5, 5.41) is 0. The Morgan fingerprint density at radius 1 is 0.737 bits per heavy atom. The first-order valence-corrected chi connectivity index (χ1v) is 9.12. The minimum atomic E-state index is -3.74. The van der Waals surface area contributed by atoms with Gasteiger partial charge in [-0.05, 0) is 6.42 Å². The Hall–Kier alpha value is 1.55. The third-order valence-electron chi connectivity index (χ3n) is 3.26. The van der Waals surface area contributed by atoms with Crippen molar-refractivity contribution in [2.24, 2.45) is 0 Å². The molecule has 5 heteroatoms. The van der Waals surface area contributed by atoms with E-state index >= 15 is 0 Å². The van der Waals surface area contributed by atoms with Gasteiger partial charge in [0.2, 0.25) is 0 Å². The van der Waals surface area contributed by atoms with Crippen LogP contribution in [0, 0.1) is 0 Å². The van der Waals surface area contributed by atoms with Crippen LogP contribution in [-0.4, -0.2) is 18.7 Å². The van der Waals surface area contributed by atoms with Crippen molar-refractivity contribution in [2.75, 3.05) is 5.75 Å². The van der Waals surface area contributed by atoms with E-state index in [-0.39, 0.29) is 58.6 Å². The van der Waals surface area contributed by atoms with Crippen LogP contribution in [0.15, 0.2) is 0 Å². The van der Waals surface area contributed by atoms with E-state index in [1.807, 2.05) is 0 Å². The van der Waals surface area contributed by atoms with Crippen LogP contribution in [-0.2, 0) is 10.1 Å². The topological polar surface area (TPSA) is 54.4 Å². The molecule has 0 aliphatic rings. The first-order chi connectivity index (χ1) is 8.56. The van der Waals surface area contributed by atoms with Gasteiger partial charge in [-0.2, -0.15) is 8.42 Å². The molecule has 112 valence electrons. The molecule has 0 aliphatic carbocycles. The zero-order chi connectivity index (χ0) is 13.7. The largest absolute Gasteiger partial charge is 1.00 e. The Labute approximate surface area is 164 Å². The Kier molecular flexibility index (Phi) is 19.1. The Bertz CT molecular complexity index is 272. The molecule has 1 N–H and O–H groups in total. The number of unbranched alkanes of at least 4 members (excludes halogenated alkanes) is 11. The molecule has 0 bridgehead atoms. The molecule has 0 heterocycles. The van der Waals surface area contributed by atoms with Crippen molar-refractivity contribution in [3.8, 4) is 0 Å². The Morgan fingerprint density at radius 3 is 1.37 bits per heavy atom. The fourth-order valence-corrected chi connectivity index (χ4v) is 2.69. The van der Waals surface area contributed by atoms with Crippen molar-refractivity contribution in [2.45, 2.75) is 84.0 Å². The van der Waals surface area contributed by atoms with Gasteiger partial charge in [-0.3, -0.25) is 4.55 Å². The van der Waals surface area contributed by atoms with E-state index in [1.165, 1.54) is 57.8 Å². The van der Waals surface area contributed by atoms with E-state index in [9.17, 15) is 8.42 Å². The van der Waals surface area contributed by atoms with Crippen molar-refractivity contribution >= 4 is 10.1 Å². The fraction of sp³-hybridized carbons (Fsp3) is 1.00. The van der Waals surface area contributed by atoms with Crippen LogP contribution >= 0.6 is 0 Å². The van der Waals surface area contributed by atoms with Crippen molar-refractivity contribution in [1.29, 1.82) is 0 Å². The molecule has 0 radical (unpaired) electrons. The first kappa shape index (κ1) is 22.8. The quantitative estimate of drug-likeness (QED) is 0.319. The number of rotatable bonds is 13. The molecule has 0 unspecified atom stereocenters. The summed E-state index contributed by atoms with van der Waals surface area (Å²) in [6.07, 6.45) is 14.5. The van der Waals surface area contributed by atoms with Crippen molar-refractivity contribution < 1.29 is 65.8 Å². The van der Waals surface area contributed by atoms with Crippen molar-refractivity contribution in [3.05, 3.63) is 0 Å². The predicted molar refractivity (Wildman–Crippen MR) is 78.6 cm³/mol. The molecule has 0 aromatic carbocycles. The maximum Gasteiger partial charge on any atom is 1.00 e. The zero-order valence-corrected chi connectivity index (χ0v) is 16.8. The monoisotopic (exact) mass is 318 g/mol. The average Bonchev–Trinajstić information content (AvgIpc) is 2.29. The number of hydrogen-bond acceptors (Lipinski definition) is 2. The molecule has 0 amide bonds. The van der Waals surface area contributed by atoms with E-state index in [0.717, 1.165) is 12.8 Å². The summed E-state index contributed by atoms with van der Waals surface area (Å²) in [6.45, 7) is 2.24. The van der Waals surface area contributed by atoms with Crippen molar-refractivity contribution in [3.63, 3.8) is 0 Å². The smallest absolute Gasteiger partial charge is 1.00 e. The molecule has 0 spiro atoms. The maximum absolute atomic E-state index is 10.5. The van der Waals surface area contributed by atoms with E-state index in [4.69, 9.17) is 4.55 Å². The molecule has 0 aliphatic heterocycles. The maximum atomic E-state index is 10.5. The van der Waals surface area contributed by atoms with Gasteiger partial charge in [0.1, 0.15) is 0 Å². The van der Waals surface area contributed by atoms with Gasteiger partial charge in [0.15, 0.2) is 0 Å². The molecule has 0 atom stereocenters. The molecular formula is C14H31KO3S. The summed E-state index contributed by atoms with van der Waals surface area (Å²) in [5.41, 5.74) is 0. The molecule has 19 heavy (non-hydrogen) atoms. The van der Waals surface area contributed by atoms with Gasteiger partial charge < -0.3 is 1.43 Å². The SMILES string of the molecule is CCCCCCCCCCCCCCS(=O)(=O)O.[H-].[K+]. The predicted octanol–water partition coefficient (Wildman–Crippen LogP) is 1.69. The van der Waals surface area contributed by atoms with E-state index in [1.54, 1.807) is 0 Å². The van der Waals surface area contributed by atoms with Gasteiger partial charge in [-0.25, -0.2) is 0 Å². The van der Waals surface area contributed by atoms with Crippen LogP contribution in [0.1, 0.15) is 85.4 Å². The minimum absolute atomic E-state index is 0. The summed E-state index contributed by atoms with van der Waals surface area (Å²) >= 11 is 0. The standard InChI is InChI=1S/C14H30O3S.K.H/c1-2-3-4-5-6-7-8-9-10-11-12-13-14-18(15,16)17;;/h2-14H2,1H3,(H,15,16,17);;/q;+1;-1. The van der Waals surface area contributed by atoms with Crippen LogP contribution in [0.25, 0.3) is 0 Å². The normalized spacial score (nSPS) is 11.3. The molecular weight excluding hydrogens is 287 g/mol. The molecule has 0 rings (SSSR count). The van der Waals surface area contributed by atoms with Crippen LogP contribution in [0.2, 0.25) is 0 Å². The third-order valence-corrected chi connectivity index (χ3v) is 4.06. The third kappa shape index (κ3) is 22.0. The summed E-state index contributed by atoms with van der Waals surface area (Å²) in [6, 6.07) is 0. The van der Waals surface area contributed by atoms with Gasteiger partial charge in [0, 0.05) is 0 Å². The second-order valence-electron chi connectivity index (χ2n) is 5.18. The molecule has 3 nitrogen and oxygen atoms in total. The Morgan fingerprint density at radius 2 is 1.05 bits per heavy atom. The van der Waals surface area contributed by atoms with Crippen LogP contribution in [0.4, 0.5) is 0 Å². The van der Waals surface area contributed by atoms with Gasteiger partial charge in [-0.1, -0.05) is 77.6 Å². The minimum Gasteiger partial charge on any atom is -1.00 e. The number of hydrogen-bond donors (Lipinski definition) is 1. The second kappa shape index (κ2) is 15.9. The summed E-state index contributed by atoms with van der Waals surface area (Å²) < 4.78 is 29.5. The van der Waals surface area contributed by atoms with E-state index in [0.29, 0.717) is 6.42 Å². The van der Waals surface area contributed by atoms with Gasteiger partial charge in [-0.15, -0.1) is 0 Å². The zero-order valence-electron chi connectivity index (χ0n) is 13.9. The van der Waals surface area contributed by atoms with Gasteiger partial charge >= 0.3 is 51.4 Å². The van der Waals surface area contributed by atoms with Crippen LogP contribution < -0.4 is 51.4 Å².